The van der Waals surface area contributed by atoms with Gasteiger partial charge in [-0.3, -0.25) is 9.69 Å². The van der Waals surface area contributed by atoms with Gasteiger partial charge in [-0.05, 0) is 19.4 Å². The quantitative estimate of drug-likeness (QED) is 0.445. The van der Waals surface area contributed by atoms with Crippen LogP contribution < -0.4 is 0 Å². The van der Waals surface area contributed by atoms with Crippen molar-refractivity contribution in [3.8, 4) is 11.8 Å². The van der Waals surface area contributed by atoms with E-state index < -0.39 is 11.9 Å². The summed E-state index contributed by atoms with van der Waals surface area (Å²) in [5.41, 5.74) is 0. The van der Waals surface area contributed by atoms with Gasteiger partial charge in [-0.25, -0.2) is 9.59 Å². The molecule has 0 radical (unpaired) electrons. The molecule has 22 heavy (non-hydrogen) atoms. The first kappa shape index (κ1) is 19.9. The maximum atomic E-state index is 10.9. The molecule has 0 aliphatic carbocycles. The van der Waals surface area contributed by atoms with E-state index in [2.05, 4.69) is 16.7 Å². The minimum atomic E-state index is -1.82. The number of carboxylic acids is 2. The Labute approximate surface area is 129 Å². The summed E-state index contributed by atoms with van der Waals surface area (Å²) < 4.78 is 0. The molecule has 0 aromatic rings. The van der Waals surface area contributed by atoms with Crippen molar-refractivity contribution in [2.45, 2.75) is 25.9 Å². The molecule has 1 saturated heterocycles. The largest absolute Gasteiger partial charge is 0.473 e. The molecule has 124 valence electrons. The molecule has 1 fully saturated rings. The highest BCUT2D eigenvalue weighted by molar-refractivity contribution is 6.27. The third-order valence-electron chi connectivity index (χ3n) is 2.95. The monoisotopic (exact) mass is 314 g/mol. The number of β-amino-alcohol motifs (C(OH)–C–C–N with tert-alkyl or cyclic N) is 1. The van der Waals surface area contributed by atoms with Crippen LogP contribution in [0, 0.1) is 11.8 Å². The molecule has 8 nitrogen and oxygen atoms in total. The summed E-state index contributed by atoms with van der Waals surface area (Å²) >= 11 is 0. The Morgan fingerprint density at radius 2 is 1.82 bits per heavy atom. The third kappa shape index (κ3) is 9.74. The van der Waals surface area contributed by atoms with E-state index in [0.29, 0.717) is 13.1 Å². The van der Waals surface area contributed by atoms with Gasteiger partial charge in [-0.2, -0.15) is 0 Å². The number of aliphatic hydroxyl groups is 1. The maximum Gasteiger partial charge on any atom is 0.414 e. The van der Waals surface area contributed by atoms with Gasteiger partial charge in [0.2, 0.25) is 5.91 Å². The van der Waals surface area contributed by atoms with Gasteiger partial charge in [0.25, 0.3) is 0 Å². The Bertz CT molecular complexity index is 442. The topological polar surface area (TPSA) is 118 Å². The van der Waals surface area contributed by atoms with Crippen molar-refractivity contribution in [1.82, 2.24) is 9.80 Å². The lowest BCUT2D eigenvalue weighted by molar-refractivity contribution is -0.159. The summed E-state index contributed by atoms with van der Waals surface area (Å²) in [4.78, 5) is 32.8. The van der Waals surface area contributed by atoms with Gasteiger partial charge in [0.15, 0.2) is 0 Å². The van der Waals surface area contributed by atoms with Crippen LogP contribution in [0.4, 0.5) is 0 Å². The number of piperidine rings is 1. The second-order valence-electron chi connectivity index (χ2n) is 4.87. The predicted molar refractivity (Wildman–Crippen MR) is 78.0 cm³/mol. The van der Waals surface area contributed by atoms with E-state index in [0.717, 1.165) is 25.9 Å². The maximum absolute atomic E-state index is 10.9. The number of aliphatic carboxylic acids is 2. The van der Waals surface area contributed by atoms with Gasteiger partial charge in [-0.1, -0.05) is 11.8 Å². The highest BCUT2D eigenvalue weighted by Gasteiger charge is 2.15. The van der Waals surface area contributed by atoms with Crippen LogP contribution in [-0.2, 0) is 14.4 Å². The molecular weight excluding hydrogens is 292 g/mol. The first-order chi connectivity index (χ1) is 10.2. The lowest BCUT2D eigenvalue weighted by Gasteiger charge is -2.28. The average Bonchev–Trinajstić information content (AvgIpc) is 2.43. The van der Waals surface area contributed by atoms with Gasteiger partial charge in [0.05, 0.1) is 19.2 Å². The van der Waals surface area contributed by atoms with Crippen molar-refractivity contribution in [2.24, 2.45) is 0 Å². The predicted octanol–water partition coefficient (Wildman–Crippen LogP) is -0.920. The molecule has 1 heterocycles. The van der Waals surface area contributed by atoms with Gasteiger partial charge in [-0.15, -0.1) is 0 Å². The van der Waals surface area contributed by atoms with Crippen molar-refractivity contribution in [3.63, 3.8) is 0 Å². The van der Waals surface area contributed by atoms with E-state index in [1.165, 1.54) is 6.92 Å². The fourth-order valence-corrected chi connectivity index (χ4v) is 1.63. The van der Waals surface area contributed by atoms with Crippen molar-refractivity contribution < 1.29 is 29.7 Å². The molecular formula is C14H22N2O6. The van der Waals surface area contributed by atoms with E-state index >= 15 is 0 Å². The lowest BCUT2D eigenvalue weighted by atomic mass is 10.1. The van der Waals surface area contributed by atoms with Gasteiger partial charge in [0, 0.05) is 20.5 Å². The van der Waals surface area contributed by atoms with Gasteiger partial charge < -0.3 is 20.2 Å². The SMILES string of the molecule is CC(=O)N(C)CC#CCN1CCCC(O)C1.O=C(O)C(=O)O. The van der Waals surface area contributed by atoms with E-state index in [1.807, 2.05) is 0 Å². The van der Waals surface area contributed by atoms with Crippen LogP contribution in [0.3, 0.4) is 0 Å². The summed E-state index contributed by atoms with van der Waals surface area (Å²) in [6.07, 6.45) is 1.74. The Hall–Kier alpha value is -2.11. The standard InChI is InChI=1S/C12H20N2O2.C2H2O4/c1-11(15)13(2)7-3-4-8-14-9-5-6-12(16)10-14;3-1(4)2(5)6/h12,16H,5-10H2,1-2H3;(H,3,4)(H,5,6). The second-order valence-corrected chi connectivity index (χ2v) is 4.87. The summed E-state index contributed by atoms with van der Waals surface area (Å²) in [7, 11) is 1.74. The zero-order valence-electron chi connectivity index (χ0n) is 12.8. The third-order valence-corrected chi connectivity index (χ3v) is 2.95. The Morgan fingerprint density at radius 1 is 1.23 bits per heavy atom. The highest BCUT2D eigenvalue weighted by Crippen LogP contribution is 2.08. The van der Waals surface area contributed by atoms with Gasteiger partial charge in [0.1, 0.15) is 0 Å². The molecule has 0 aromatic heterocycles. The van der Waals surface area contributed by atoms with Crippen LogP contribution in [0.15, 0.2) is 0 Å². The molecule has 0 aromatic carbocycles. The summed E-state index contributed by atoms with van der Waals surface area (Å²) in [6, 6.07) is 0. The van der Waals surface area contributed by atoms with E-state index in [-0.39, 0.29) is 12.0 Å². The molecule has 1 unspecified atom stereocenters. The second kappa shape index (κ2) is 10.6. The van der Waals surface area contributed by atoms with Crippen molar-refractivity contribution >= 4 is 17.8 Å². The number of carbonyl (C=O) groups excluding carboxylic acids is 1. The molecule has 1 atom stereocenters. The van der Waals surface area contributed by atoms with E-state index in [1.54, 1.807) is 11.9 Å². The zero-order chi connectivity index (χ0) is 17.1. The molecule has 0 bridgehead atoms. The Morgan fingerprint density at radius 3 is 2.27 bits per heavy atom. The highest BCUT2D eigenvalue weighted by atomic mass is 16.4. The molecule has 1 amide bonds. The molecule has 8 heteroatoms. The van der Waals surface area contributed by atoms with Crippen LogP contribution in [-0.4, -0.2) is 82.3 Å². The number of aliphatic hydroxyl groups excluding tert-OH is 1. The summed E-state index contributed by atoms with van der Waals surface area (Å²) in [5.74, 6) is 2.37. The van der Waals surface area contributed by atoms with Crippen LogP contribution in [0.2, 0.25) is 0 Å². The van der Waals surface area contributed by atoms with Crippen LogP contribution in [0.1, 0.15) is 19.8 Å². The number of nitrogens with zero attached hydrogens (tertiary/aromatic N) is 2. The number of amides is 1. The van der Waals surface area contributed by atoms with Crippen molar-refractivity contribution in [1.29, 1.82) is 0 Å². The molecule has 1 rings (SSSR count). The van der Waals surface area contributed by atoms with Crippen molar-refractivity contribution in [2.75, 3.05) is 33.2 Å². The first-order valence-corrected chi connectivity index (χ1v) is 6.78. The molecule has 0 spiro atoms. The Kier molecular flexibility index (Phi) is 9.58. The molecule has 3 N–H and O–H groups in total. The average molecular weight is 314 g/mol. The van der Waals surface area contributed by atoms with Crippen LogP contribution in [0.5, 0.6) is 0 Å². The van der Waals surface area contributed by atoms with Gasteiger partial charge >= 0.3 is 11.9 Å². The summed E-state index contributed by atoms with van der Waals surface area (Å²) in [6.45, 7) is 4.42. The minimum Gasteiger partial charge on any atom is -0.473 e. The smallest absolute Gasteiger partial charge is 0.414 e. The zero-order valence-corrected chi connectivity index (χ0v) is 12.8. The fraction of sp³-hybridized carbons (Fsp3) is 0.643. The Balaban J connectivity index is 0.000000626. The molecule has 1 aliphatic heterocycles. The molecule has 1 aliphatic rings. The minimum absolute atomic E-state index is 0.0303. The number of rotatable bonds is 2. The first-order valence-electron chi connectivity index (χ1n) is 6.78. The number of likely N-dealkylation sites (tertiary alicyclic amines) is 1. The number of hydrogen-bond donors (Lipinski definition) is 3. The lowest BCUT2D eigenvalue weighted by Crippen LogP contribution is -2.38. The van der Waals surface area contributed by atoms with E-state index in [9.17, 15) is 9.90 Å². The fourth-order valence-electron chi connectivity index (χ4n) is 1.63. The summed E-state index contributed by atoms with van der Waals surface area (Å²) in [5, 5.41) is 24.2. The number of carbonyl (C=O) groups is 3. The molecule has 0 saturated carbocycles. The number of carboxylic acid groups (broad SMARTS) is 2. The van der Waals surface area contributed by atoms with E-state index in [4.69, 9.17) is 19.8 Å². The number of hydrogen-bond acceptors (Lipinski definition) is 5. The van der Waals surface area contributed by atoms with Crippen LogP contribution in [0.25, 0.3) is 0 Å². The van der Waals surface area contributed by atoms with Crippen LogP contribution >= 0.6 is 0 Å². The van der Waals surface area contributed by atoms with Crippen molar-refractivity contribution in [3.05, 3.63) is 0 Å². The normalized spacial score (nSPS) is 17.3.